The van der Waals surface area contributed by atoms with Gasteiger partial charge in [0, 0.05) is 31.4 Å². The Morgan fingerprint density at radius 2 is 2.22 bits per heavy atom. The Morgan fingerprint density at radius 1 is 1.44 bits per heavy atom. The zero-order valence-corrected chi connectivity index (χ0v) is 11.8. The lowest BCUT2D eigenvalue weighted by Gasteiger charge is -2.35. The van der Waals surface area contributed by atoms with Gasteiger partial charge in [-0.25, -0.2) is 4.98 Å². The molecule has 1 fully saturated rings. The zero-order chi connectivity index (χ0) is 13.1. The van der Waals surface area contributed by atoms with Crippen LogP contribution in [0.2, 0.25) is 0 Å². The molecule has 3 unspecified atom stereocenters. The van der Waals surface area contributed by atoms with Gasteiger partial charge in [0.15, 0.2) is 0 Å². The lowest BCUT2D eigenvalue weighted by molar-refractivity contribution is 0.131. The maximum absolute atomic E-state index is 6.06. The molecule has 0 amide bonds. The lowest BCUT2D eigenvalue weighted by atomic mass is 10.1. The summed E-state index contributed by atoms with van der Waals surface area (Å²) in [7, 11) is 0. The molecule has 0 radical (unpaired) electrons. The van der Waals surface area contributed by atoms with Crippen LogP contribution in [0.25, 0.3) is 0 Å². The zero-order valence-electron chi connectivity index (χ0n) is 11.8. The van der Waals surface area contributed by atoms with Gasteiger partial charge in [0.1, 0.15) is 0 Å². The molecule has 1 saturated heterocycles. The maximum atomic E-state index is 6.06. The van der Waals surface area contributed by atoms with E-state index in [-0.39, 0.29) is 0 Å². The second-order valence-electron chi connectivity index (χ2n) is 5.29. The molecule has 2 rings (SSSR count). The Balaban J connectivity index is 2.27. The van der Waals surface area contributed by atoms with Crippen LogP contribution in [-0.2, 0) is 6.54 Å². The minimum Gasteiger partial charge on any atom is -0.333 e. The number of aryl methyl sites for hydroxylation is 1. The molecular weight excluding hydrogens is 224 g/mol. The fourth-order valence-electron chi connectivity index (χ4n) is 3.34. The number of likely N-dealkylation sites (tertiary alicyclic amines) is 1. The molecule has 0 aromatic carbocycles. The van der Waals surface area contributed by atoms with Crippen LogP contribution in [0.1, 0.15) is 51.8 Å². The SMILES string of the molecule is CCC1CCC(C)N1C(CN)c1cncn1CC. The molecular formula is C14H26N4. The summed E-state index contributed by atoms with van der Waals surface area (Å²) in [5.41, 5.74) is 7.33. The van der Waals surface area contributed by atoms with E-state index in [0.717, 1.165) is 6.54 Å². The number of imidazole rings is 1. The number of aromatic nitrogens is 2. The number of nitrogens with zero attached hydrogens (tertiary/aromatic N) is 3. The number of hydrogen-bond acceptors (Lipinski definition) is 3. The van der Waals surface area contributed by atoms with Crippen molar-refractivity contribution in [1.29, 1.82) is 0 Å². The Labute approximate surface area is 110 Å². The Morgan fingerprint density at radius 3 is 2.83 bits per heavy atom. The van der Waals surface area contributed by atoms with Crippen LogP contribution in [0.5, 0.6) is 0 Å². The van der Waals surface area contributed by atoms with E-state index in [2.05, 4.69) is 35.2 Å². The second kappa shape index (κ2) is 5.85. The van der Waals surface area contributed by atoms with Crippen molar-refractivity contribution in [2.45, 2.75) is 64.7 Å². The molecule has 0 saturated carbocycles. The first-order valence-corrected chi connectivity index (χ1v) is 7.20. The summed E-state index contributed by atoms with van der Waals surface area (Å²) in [6.07, 6.45) is 7.70. The smallest absolute Gasteiger partial charge is 0.0948 e. The van der Waals surface area contributed by atoms with Gasteiger partial charge >= 0.3 is 0 Å². The summed E-state index contributed by atoms with van der Waals surface area (Å²) in [6.45, 7) is 8.40. The Kier molecular flexibility index (Phi) is 4.40. The minimum absolute atomic E-state index is 0.315. The molecule has 4 nitrogen and oxygen atoms in total. The maximum Gasteiger partial charge on any atom is 0.0948 e. The van der Waals surface area contributed by atoms with Gasteiger partial charge in [0.05, 0.1) is 18.1 Å². The summed E-state index contributed by atoms with van der Waals surface area (Å²) in [6, 6.07) is 1.62. The fraction of sp³-hybridized carbons (Fsp3) is 0.786. The van der Waals surface area contributed by atoms with E-state index < -0.39 is 0 Å². The molecule has 4 heteroatoms. The van der Waals surface area contributed by atoms with E-state index in [1.807, 2.05) is 12.5 Å². The predicted octanol–water partition coefficient (Wildman–Crippen LogP) is 2.17. The van der Waals surface area contributed by atoms with Gasteiger partial charge in [-0.15, -0.1) is 0 Å². The summed E-state index contributed by atoms with van der Waals surface area (Å²) < 4.78 is 2.22. The van der Waals surface area contributed by atoms with Crippen molar-refractivity contribution in [3.8, 4) is 0 Å². The molecule has 1 aliphatic rings. The van der Waals surface area contributed by atoms with Crippen molar-refractivity contribution in [3.05, 3.63) is 18.2 Å². The van der Waals surface area contributed by atoms with Gasteiger partial charge < -0.3 is 10.3 Å². The van der Waals surface area contributed by atoms with Crippen molar-refractivity contribution in [3.63, 3.8) is 0 Å². The minimum atomic E-state index is 0.315. The van der Waals surface area contributed by atoms with E-state index in [1.54, 1.807) is 0 Å². The van der Waals surface area contributed by atoms with Gasteiger partial charge in [-0.1, -0.05) is 6.92 Å². The molecule has 1 aromatic heterocycles. The average molecular weight is 250 g/mol. The van der Waals surface area contributed by atoms with Gasteiger partial charge in [-0.2, -0.15) is 0 Å². The Bertz CT molecular complexity index is 374. The molecule has 0 bridgehead atoms. The first-order chi connectivity index (χ1) is 8.72. The third-order valence-electron chi connectivity index (χ3n) is 4.33. The van der Waals surface area contributed by atoms with Crippen molar-refractivity contribution in [2.75, 3.05) is 6.54 Å². The van der Waals surface area contributed by atoms with Crippen LogP contribution in [0, 0.1) is 0 Å². The van der Waals surface area contributed by atoms with Crippen LogP contribution in [0.3, 0.4) is 0 Å². The van der Waals surface area contributed by atoms with Crippen molar-refractivity contribution in [1.82, 2.24) is 14.5 Å². The number of hydrogen-bond donors (Lipinski definition) is 1. The largest absolute Gasteiger partial charge is 0.333 e. The van der Waals surface area contributed by atoms with Crippen LogP contribution in [0.15, 0.2) is 12.5 Å². The van der Waals surface area contributed by atoms with Gasteiger partial charge in [0.25, 0.3) is 0 Å². The monoisotopic (exact) mass is 250 g/mol. The van der Waals surface area contributed by atoms with Crippen LogP contribution < -0.4 is 5.73 Å². The summed E-state index contributed by atoms with van der Waals surface area (Å²) in [5, 5.41) is 0. The lowest BCUT2D eigenvalue weighted by Crippen LogP contribution is -2.41. The third kappa shape index (κ3) is 2.31. The summed E-state index contributed by atoms with van der Waals surface area (Å²) in [5.74, 6) is 0. The van der Waals surface area contributed by atoms with Gasteiger partial charge in [-0.05, 0) is 33.1 Å². The standard InChI is InChI=1S/C14H26N4/c1-4-12-7-6-11(3)18(12)13(8-15)14-9-16-10-17(14)5-2/h9-13H,4-8,15H2,1-3H3. The molecule has 0 aliphatic carbocycles. The highest BCUT2D eigenvalue weighted by molar-refractivity contribution is 5.09. The van der Waals surface area contributed by atoms with Gasteiger partial charge in [0.2, 0.25) is 0 Å². The second-order valence-corrected chi connectivity index (χ2v) is 5.29. The van der Waals surface area contributed by atoms with E-state index in [4.69, 9.17) is 5.73 Å². The normalized spacial score (nSPS) is 26.7. The molecule has 0 spiro atoms. The first-order valence-electron chi connectivity index (χ1n) is 7.20. The third-order valence-corrected chi connectivity index (χ3v) is 4.33. The molecule has 18 heavy (non-hydrogen) atoms. The molecule has 2 N–H and O–H groups in total. The molecule has 102 valence electrons. The van der Waals surface area contributed by atoms with Crippen LogP contribution >= 0.6 is 0 Å². The average Bonchev–Trinajstić information content (AvgIpc) is 2.98. The summed E-state index contributed by atoms with van der Waals surface area (Å²) in [4.78, 5) is 6.90. The van der Waals surface area contributed by atoms with E-state index in [9.17, 15) is 0 Å². The highest BCUT2D eigenvalue weighted by atomic mass is 15.3. The Hall–Kier alpha value is -0.870. The number of nitrogens with two attached hydrogens (primary N) is 1. The molecule has 1 aliphatic heterocycles. The molecule has 3 atom stereocenters. The van der Waals surface area contributed by atoms with Crippen molar-refractivity contribution >= 4 is 0 Å². The van der Waals surface area contributed by atoms with Crippen molar-refractivity contribution in [2.24, 2.45) is 5.73 Å². The molecule has 2 heterocycles. The van der Waals surface area contributed by atoms with E-state index >= 15 is 0 Å². The number of rotatable bonds is 5. The summed E-state index contributed by atoms with van der Waals surface area (Å²) >= 11 is 0. The van der Waals surface area contributed by atoms with Crippen LogP contribution in [-0.4, -0.2) is 33.1 Å². The van der Waals surface area contributed by atoms with Crippen molar-refractivity contribution < 1.29 is 0 Å². The first kappa shape index (κ1) is 13.6. The fourth-order valence-corrected chi connectivity index (χ4v) is 3.34. The quantitative estimate of drug-likeness (QED) is 0.871. The van der Waals surface area contributed by atoms with E-state index in [0.29, 0.717) is 24.7 Å². The van der Waals surface area contributed by atoms with Gasteiger partial charge in [-0.3, -0.25) is 4.90 Å². The molecule has 1 aromatic rings. The highest BCUT2D eigenvalue weighted by Crippen LogP contribution is 2.34. The van der Waals surface area contributed by atoms with Crippen LogP contribution in [0.4, 0.5) is 0 Å². The topological polar surface area (TPSA) is 47.1 Å². The highest BCUT2D eigenvalue weighted by Gasteiger charge is 2.35. The van der Waals surface area contributed by atoms with E-state index in [1.165, 1.54) is 25.0 Å². The predicted molar refractivity (Wildman–Crippen MR) is 74.3 cm³/mol.